The van der Waals surface area contributed by atoms with Crippen LogP contribution in [0.5, 0.6) is 0 Å². The van der Waals surface area contributed by atoms with E-state index in [-0.39, 0.29) is 42.5 Å². The van der Waals surface area contributed by atoms with E-state index in [1.807, 2.05) is 6.92 Å². The number of non-ortho nitro benzene ring substituents is 1. The van der Waals surface area contributed by atoms with Gasteiger partial charge < -0.3 is 10.6 Å². The Morgan fingerprint density at radius 2 is 1.82 bits per heavy atom. The summed E-state index contributed by atoms with van der Waals surface area (Å²) >= 11 is 0. The highest BCUT2D eigenvalue weighted by Crippen LogP contribution is 2.16. The number of nitrogens with one attached hydrogen (secondary N) is 2. The molecule has 1 saturated heterocycles. The van der Waals surface area contributed by atoms with Crippen LogP contribution in [0.1, 0.15) is 6.92 Å². The molecule has 1 aliphatic heterocycles. The number of nitro benzene ring substituents is 1. The Morgan fingerprint density at radius 3 is 2.32 bits per heavy atom. The monoisotopic (exact) mass is 350 g/mol. The van der Waals surface area contributed by atoms with Crippen molar-refractivity contribution in [1.29, 1.82) is 0 Å². The van der Waals surface area contributed by atoms with Crippen molar-refractivity contribution in [2.24, 2.45) is 0 Å². The number of rotatable bonds is 4. The van der Waals surface area contributed by atoms with Gasteiger partial charge in [0.25, 0.3) is 5.69 Å². The minimum atomic E-state index is -0.463. The van der Waals surface area contributed by atoms with E-state index in [4.69, 9.17) is 0 Å². The summed E-state index contributed by atoms with van der Waals surface area (Å²) in [5, 5.41) is 16.6. The molecule has 1 heterocycles. The molecule has 1 unspecified atom stereocenters. The molecule has 0 radical (unpaired) electrons. The van der Waals surface area contributed by atoms with Crippen LogP contribution in [-0.4, -0.2) is 48.0 Å². The number of benzene rings is 1. The highest BCUT2D eigenvalue weighted by atomic mass is 35.5. The lowest BCUT2D eigenvalue weighted by atomic mass is 10.2. The number of nitrogens with zero attached hydrogens (tertiary/aromatic N) is 2. The molecule has 7 nitrogen and oxygen atoms in total. The van der Waals surface area contributed by atoms with Crippen LogP contribution in [0.25, 0.3) is 0 Å². The van der Waals surface area contributed by atoms with Crippen LogP contribution in [0.4, 0.5) is 11.4 Å². The van der Waals surface area contributed by atoms with E-state index >= 15 is 0 Å². The van der Waals surface area contributed by atoms with Gasteiger partial charge in [-0.1, -0.05) is 0 Å². The summed E-state index contributed by atoms with van der Waals surface area (Å²) in [6.07, 6.45) is 0. The molecule has 0 bridgehead atoms. The van der Waals surface area contributed by atoms with E-state index in [0.29, 0.717) is 5.69 Å². The number of halogens is 2. The summed E-state index contributed by atoms with van der Waals surface area (Å²) in [5.41, 5.74) is 0.584. The Bertz CT molecular complexity index is 493. The van der Waals surface area contributed by atoms with Gasteiger partial charge in [-0.2, -0.15) is 0 Å². The second-order valence-electron chi connectivity index (χ2n) is 4.76. The fraction of sp³-hybridized carbons (Fsp3) is 0.462. The number of amides is 1. The quantitative estimate of drug-likeness (QED) is 0.637. The Morgan fingerprint density at radius 1 is 1.27 bits per heavy atom. The van der Waals surface area contributed by atoms with E-state index in [1.165, 1.54) is 12.1 Å². The van der Waals surface area contributed by atoms with Crippen LogP contribution in [-0.2, 0) is 4.79 Å². The van der Waals surface area contributed by atoms with Gasteiger partial charge in [0.1, 0.15) is 0 Å². The SMILES string of the molecule is CC(C(=O)Nc1ccc([N+](=O)[O-])cc1)N1CCNCC1.Cl.Cl. The first-order valence-electron chi connectivity index (χ1n) is 6.58. The fourth-order valence-corrected chi connectivity index (χ4v) is 2.15. The summed E-state index contributed by atoms with van der Waals surface area (Å²) in [7, 11) is 0. The summed E-state index contributed by atoms with van der Waals surface area (Å²) in [6.45, 7) is 5.32. The molecular formula is C13H20Cl2N4O3. The van der Waals surface area contributed by atoms with Gasteiger partial charge in [-0.15, -0.1) is 24.8 Å². The average Bonchev–Trinajstić information content (AvgIpc) is 2.48. The number of piperazine rings is 1. The third kappa shape index (κ3) is 5.42. The molecule has 1 aromatic carbocycles. The third-order valence-electron chi connectivity index (χ3n) is 3.42. The summed E-state index contributed by atoms with van der Waals surface area (Å²) in [6, 6.07) is 5.63. The average molecular weight is 351 g/mol. The highest BCUT2D eigenvalue weighted by molar-refractivity contribution is 5.94. The van der Waals surface area contributed by atoms with Crippen LogP contribution >= 0.6 is 24.8 Å². The van der Waals surface area contributed by atoms with Crippen LogP contribution in [0.15, 0.2) is 24.3 Å². The van der Waals surface area contributed by atoms with Gasteiger partial charge in [0.05, 0.1) is 11.0 Å². The fourth-order valence-electron chi connectivity index (χ4n) is 2.15. The first-order chi connectivity index (χ1) is 9.58. The van der Waals surface area contributed by atoms with Gasteiger partial charge >= 0.3 is 0 Å². The van der Waals surface area contributed by atoms with Crippen molar-refractivity contribution in [3.8, 4) is 0 Å². The lowest BCUT2D eigenvalue weighted by Crippen LogP contribution is -2.51. The van der Waals surface area contributed by atoms with Gasteiger partial charge in [-0.25, -0.2) is 0 Å². The largest absolute Gasteiger partial charge is 0.325 e. The number of carbonyl (C=O) groups is 1. The molecule has 22 heavy (non-hydrogen) atoms. The van der Waals surface area contributed by atoms with E-state index in [2.05, 4.69) is 15.5 Å². The summed E-state index contributed by atoms with van der Waals surface area (Å²) in [5.74, 6) is -0.0965. The van der Waals surface area contributed by atoms with Gasteiger partial charge in [-0.05, 0) is 19.1 Å². The molecular weight excluding hydrogens is 331 g/mol. The number of carbonyl (C=O) groups excluding carboxylic acids is 1. The van der Waals surface area contributed by atoms with Gasteiger partial charge in [0, 0.05) is 44.0 Å². The van der Waals surface area contributed by atoms with Crippen molar-refractivity contribution in [1.82, 2.24) is 10.2 Å². The third-order valence-corrected chi connectivity index (χ3v) is 3.42. The molecule has 0 spiro atoms. The minimum Gasteiger partial charge on any atom is -0.325 e. The van der Waals surface area contributed by atoms with Gasteiger partial charge in [-0.3, -0.25) is 19.8 Å². The molecule has 0 aromatic heterocycles. The molecule has 124 valence electrons. The van der Waals surface area contributed by atoms with Crippen LogP contribution in [0.2, 0.25) is 0 Å². The van der Waals surface area contributed by atoms with Crippen LogP contribution < -0.4 is 10.6 Å². The number of anilines is 1. The predicted molar refractivity (Wildman–Crippen MR) is 90.1 cm³/mol. The molecule has 1 atom stereocenters. The van der Waals surface area contributed by atoms with Crippen molar-refractivity contribution in [3.63, 3.8) is 0 Å². The zero-order valence-electron chi connectivity index (χ0n) is 12.2. The molecule has 1 aromatic rings. The maximum atomic E-state index is 12.1. The standard InChI is InChI=1S/C13H18N4O3.2ClH/c1-10(16-8-6-14-7-9-16)13(18)15-11-2-4-12(5-3-11)17(19)20;;/h2-5,10,14H,6-9H2,1H3,(H,15,18);2*1H. The molecule has 1 aliphatic rings. The van der Waals surface area contributed by atoms with Crippen molar-refractivity contribution in [3.05, 3.63) is 34.4 Å². The van der Waals surface area contributed by atoms with E-state index in [1.54, 1.807) is 12.1 Å². The normalized spacial score (nSPS) is 15.9. The molecule has 1 amide bonds. The van der Waals surface area contributed by atoms with Crippen molar-refractivity contribution in [2.75, 3.05) is 31.5 Å². The van der Waals surface area contributed by atoms with E-state index in [0.717, 1.165) is 26.2 Å². The Kier molecular flexibility index (Phi) is 8.96. The maximum absolute atomic E-state index is 12.1. The molecule has 0 aliphatic carbocycles. The minimum absolute atomic E-state index is 0. The van der Waals surface area contributed by atoms with Crippen LogP contribution in [0, 0.1) is 10.1 Å². The van der Waals surface area contributed by atoms with E-state index in [9.17, 15) is 14.9 Å². The Hall–Kier alpha value is -1.41. The van der Waals surface area contributed by atoms with Crippen molar-refractivity contribution >= 4 is 42.1 Å². The number of hydrogen-bond donors (Lipinski definition) is 2. The second kappa shape index (κ2) is 9.58. The summed E-state index contributed by atoms with van der Waals surface area (Å²) in [4.78, 5) is 24.3. The highest BCUT2D eigenvalue weighted by Gasteiger charge is 2.22. The number of nitro groups is 1. The zero-order valence-corrected chi connectivity index (χ0v) is 13.8. The smallest absolute Gasteiger partial charge is 0.269 e. The molecule has 2 N–H and O–H groups in total. The lowest BCUT2D eigenvalue weighted by Gasteiger charge is -2.31. The summed E-state index contributed by atoms with van der Waals surface area (Å²) < 4.78 is 0. The van der Waals surface area contributed by atoms with Gasteiger partial charge in [0.2, 0.25) is 5.91 Å². The molecule has 2 rings (SSSR count). The maximum Gasteiger partial charge on any atom is 0.269 e. The second-order valence-corrected chi connectivity index (χ2v) is 4.76. The predicted octanol–water partition coefficient (Wildman–Crippen LogP) is 1.67. The molecule has 9 heteroatoms. The topological polar surface area (TPSA) is 87.5 Å². The lowest BCUT2D eigenvalue weighted by molar-refractivity contribution is -0.384. The van der Waals surface area contributed by atoms with Crippen molar-refractivity contribution in [2.45, 2.75) is 13.0 Å². The first-order valence-corrected chi connectivity index (χ1v) is 6.58. The molecule has 1 fully saturated rings. The first kappa shape index (κ1) is 20.6. The van der Waals surface area contributed by atoms with Gasteiger partial charge in [0.15, 0.2) is 0 Å². The number of hydrogen-bond acceptors (Lipinski definition) is 5. The van der Waals surface area contributed by atoms with Crippen LogP contribution in [0.3, 0.4) is 0 Å². The molecule has 0 saturated carbocycles. The Labute approximate surface area is 141 Å². The zero-order chi connectivity index (χ0) is 14.5. The Balaban J connectivity index is 0.00000220. The van der Waals surface area contributed by atoms with E-state index < -0.39 is 4.92 Å². The van der Waals surface area contributed by atoms with Crippen molar-refractivity contribution < 1.29 is 9.72 Å².